The molecule has 2 heterocycles. The van der Waals surface area contributed by atoms with Crippen LogP contribution in [0.15, 0.2) is 18.2 Å². The van der Waals surface area contributed by atoms with E-state index >= 15 is 0 Å². The summed E-state index contributed by atoms with van der Waals surface area (Å²) in [5.41, 5.74) is 7.22. The Labute approximate surface area is 171 Å². The van der Waals surface area contributed by atoms with Gasteiger partial charge in [0.05, 0.1) is 15.8 Å². The lowest BCUT2D eigenvalue weighted by atomic mass is 9.92. The number of phenolic OH excluding ortho intramolecular Hbond substituents is 1. The molecule has 28 heavy (non-hydrogen) atoms. The number of thiazole rings is 1. The number of phenols is 1. The Kier molecular flexibility index (Phi) is 5.03. The molecule has 2 aromatic heterocycles. The Bertz CT molecular complexity index is 1030. The summed E-state index contributed by atoms with van der Waals surface area (Å²) < 4.78 is 0.844. The van der Waals surface area contributed by atoms with Crippen molar-refractivity contribution in [3.05, 3.63) is 23.4 Å². The average molecular weight is 420 g/mol. The molecule has 5 N–H and O–H groups in total. The van der Waals surface area contributed by atoms with Crippen LogP contribution in [0.1, 0.15) is 20.3 Å². The molecule has 4 atom stereocenters. The Morgan fingerprint density at radius 3 is 2.75 bits per heavy atom. The molecular weight excluding hydrogens is 398 g/mol. The van der Waals surface area contributed by atoms with Crippen molar-refractivity contribution in [3.63, 3.8) is 0 Å². The lowest BCUT2D eigenvalue weighted by Gasteiger charge is -2.21. The first-order valence-electron chi connectivity index (χ1n) is 9.17. The Morgan fingerprint density at radius 2 is 2.04 bits per heavy atom. The minimum atomic E-state index is 0.0902. The number of nitrogens with one attached hydrogen (secondary N) is 1. The summed E-state index contributed by atoms with van der Waals surface area (Å²) in [6.07, 6.45) is 0.841. The topological polar surface area (TPSA) is 117 Å². The van der Waals surface area contributed by atoms with E-state index < -0.39 is 0 Å². The molecule has 0 amide bonds. The SMILES string of the molecule is CC1C(CO)CC(Nc2nc(N)nc(Cl)c2-c2nc3ccc(O)cc3s2)C1C. The van der Waals surface area contributed by atoms with Gasteiger partial charge in [-0.15, -0.1) is 11.3 Å². The number of hydrogen-bond donors (Lipinski definition) is 4. The molecule has 0 bridgehead atoms. The molecule has 0 aliphatic heterocycles. The monoisotopic (exact) mass is 419 g/mol. The fourth-order valence-electron chi connectivity index (χ4n) is 3.92. The number of fused-ring (bicyclic) bond motifs is 1. The number of aliphatic hydroxyl groups excluding tert-OH is 1. The predicted molar refractivity (Wildman–Crippen MR) is 113 cm³/mol. The first-order chi connectivity index (χ1) is 13.4. The molecule has 0 radical (unpaired) electrons. The fourth-order valence-corrected chi connectivity index (χ4v) is 5.29. The minimum absolute atomic E-state index is 0.0902. The Morgan fingerprint density at radius 1 is 1.25 bits per heavy atom. The van der Waals surface area contributed by atoms with Crippen molar-refractivity contribution in [2.24, 2.45) is 17.8 Å². The molecule has 4 rings (SSSR count). The minimum Gasteiger partial charge on any atom is -0.508 e. The van der Waals surface area contributed by atoms with Gasteiger partial charge in [-0.1, -0.05) is 25.4 Å². The van der Waals surface area contributed by atoms with Crippen LogP contribution >= 0.6 is 22.9 Å². The maximum Gasteiger partial charge on any atom is 0.223 e. The molecule has 9 heteroatoms. The molecule has 1 fully saturated rings. The van der Waals surface area contributed by atoms with Crippen LogP contribution in [-0.2, 0) is 0 Å². The highest BCUT2D eigenvalue weighted by molar-refractivity contribution is 7.21. The highest BCUT2D eigenvalue weighted by Crippen LogP contribution is 2.42. The van der Waals surface area contributed by atoms with E-state index in [1.807, 2.05) is 0 Å². The summed E-state index contributed by atoms with van der Waals surface area (Å²) >= 11 is 7.85. The second kappa shape index (κ2) is 7.35. The van der Waals surface area contributed by atoms with Crippen molar-refractivity contribution in [1.29, 1.82) is 0 Å². The second-order valence-corrected chi connectivity index (χ2v) is 8.80. The van der Waals surface area contributed by atoms with E-state index in [4.69, 9.17) is 17.3 Å². The number of halogens is 1. The number of hydrogen-bond acceptors (Lipinski definition) is 8. The van der Waals surface area contributed by atoms with E-state index in [0.29, 0.717) is 28.2 Å². The van der Waals surface area contributed by atoms with Crippen LogP contribution in [0.5, 0.6) is 5.75 Å². The zero-order valence-electron chi connectivity index (χ0n) is 15.6. The van der Waals surface area contributed by atoms with Crippen molar-refractivity contribution in [2.45, 2.75) is 26.3 Å². The highest BCUT2D eigenvalue weighted by Gasteiger charge is 2.38. The number of aromatic hydroxyl groups is 1. The van der Waals surface area contributed by atoms with Crippen molar-refractivity contribution < 1.29 is 10.2 Å². The summed E-state index contributed by atoms with van der Waals surface area (Å²) in [5.74, 6) is 1.81. The smallest absolute Gasteiger partial charge is 0.223 e. The lowest BCUT2D eigenvalue weighted by Crippen LogP contribution is -2.25. The van der Waals surface area contributed by atoms with E-state index in [-0.39, 0.29) is 35.4 Å². The largest absolute Gasteiger partial charge is 0.508 e. The predicted octanol–water partition coefficient (Wildman–Crippen LogP) is 3.76. The van der Waals surface area contributed by atoms with E-state index in [9.17, 15) is 10.2 Å². The van der Waals surface area contributed by atoms with Gasteiger partial charge in [-0.3, -0.25) is 0 Å². The van der Waals surface area contributed by atoms with Crippen LogP contribution in [0.3, 0.4) is 0 Å². The van der Waals surface area contributed by atoms with Crippen LogP contribution in [0.2, 0.25) is 5.15 Å². The number of anilines is 2. The standard InChI is InChI=1S/C19H22ClN5O2S/c1-8-9(2)13(5-10(8)7-26)22-17-15(16(20)24-19(21)25-17)18-23-12-4-3-11(27)6-14(12)28-18/h3-4,6,8-10,13,26-27H,5,7H2,1-2H3,(H3,21,22,24,25). The zero-order chi connectivity index (χ0) is 20.0. The van der Waals surface area contributed by atoms with Gasteiger partial charge in [0, 0.05) is 12.6 Å². The molecule has 1 aromatic carbocycles. The normalized spacial score (nSPS) is 24.7. The van der Waals surface area contributed by atoms with Gasteiger partial charge in [-0.05, 0) is 42.4 Å². The van der Waals surface area contributed by atoms with Gasteiger partial charge in [0.2, 0.25) is 5.95 Å². The Balaban J connectivity index is 1.75. The molecule has 3 aromatic rings. The third-order valence-electron chi connectivity index (χ3n) is 5.79. The van der Waals surface area contributed by atoms with E-state index in [1.165, 1.54) is 11.3 Å². The number of rotatable bonds is 4. The van der Waals surface area contributed by atoms with Crippen LogP contribution in [0.25, 0.3) is 20.8 Å². The number of nitrogens with two attached hydrogens (primary N) is 1. The number of nitrogens with zero attached hydrogens (tertiary/aromatic N) is 3. The number of nitrogen functional groups attached to an aromatic ring is 1. The molecule has 4 unspecified atom stereocenters. The van der Waals surface area contributed by atoms with Gasteiger partial charge >= 0.3 is 0 Å². The van der Waals surface area contributed by atoms with Gasteiger partial charge in [-0.2, -0.15) is 4.98 Å². The van der Waals surface area contributed by atoms with Crippen LogP contribution in [-0.4, -0.2) is 37.8 Å². The quantitative estimate of drug-likeness (QED) is 0.475. The third-order valence-corrected chi connectivity index (χ3v) is 7.10. The molecule has 148 valence electrons. The summed E-state index contributed by atoms with van der Waals surface area (Å²) in [5, 5.41) is 23.7. The molecular formula is C19H22ClN5O2S. The van der Waals surface area contributed by atoms with Crippen molar-refractivity contribution >= 4 is 44.9 Å². The molecule has 0 saturated heterocycles. The first kappa shape index (κ1) is 19.2. The third kappa shape index (κ3) is 3.36. The molecule has 7 nitrogen and oxygen atoms in total. The van der Waals surface area contributed by atoms with Gasteiger partial charge in [0.1, 0.15) is 21.7 Å². The van der Waals surface area contributed by atoms with Gasteiger partial charge < -0.3 is 21.3 Å². The summed E-state index contributed by atoms with van der Waals surface area (Å²) in [6.45, 7) is 4.50. The van der Waals surface area contributed by atoms with Crippen molar-refractivity contribution in [2.75, 3.05) is 17.7 Å². The van der Waals surface area contributed by atoms with Gasteiger partial charge in [0.25, 0.3) is 0 Å². The summed E-state index contributed by atoms with van der Waals surface area (Å²) in [4.78, 5) is 13.1. The lowest BCUT2D eigenvalue weighted by molar-refractivity contribution is 0.191. The second-order valence-electron chi connectivity index (χ2n) is 7.41. The summed E-state index contributed by atoms with van der Waals surface area (Å²) in [7, 11) is 0. The fraction of sp³-hybridized carbons (Fsp3) is 0.421. The van der Waals surface area contributed by atoms with Gasteiger partial charge in [-0.25, -0.2) is 9.97 Å². The molecule has 1 aliphatic rings. The zero-order valence-corrected chi connectivity index (χ0v) is 17.1. The van der Waals surface area contributed by atoms with Crippen molar-refractivity contribution in [3.8, 4) is 16.3 Å². The molecule has 1 aliphatic carbocycles. The number of benzene rings is 1. The maximum absolute atomic E-state index is 9.73. The highest BCUT2D eigenvalue weighted by atomic mass is 35.5. The van der Waals surface area contributed by atoms with Gasteiger partial charge in [0.15, 0.2) is 0 Å². The Hall–Kier alpha value is -2.16. The van der Waals surface area contributed by atoms with E-state index in [1.54, 1.807) is 18.2 Å². The van der Waals surface area contributed by atoms with Crippen LogP contribution in [0.4, 0.5) is 11.8 Å². The number of aromatic nitrogens is 3. The maximum atomic E-state index is 9.73. The average Bonchev–Trinajstić information content (AvgIpc) is 3.16. The summed E-state index contributed by atoms with van der Waals surface area (Å²) in [6, 6.07) is 5.16. The number of aliphatic hydroxyl groups is 1. The molecule has 0 spiro atoms. The van der Waals surface area contributed by atoms with Crippen molar-refractivity contribution in [1.82, 2.24) is 15.0 Å². The van der Waals surface area contributed by atoms with E-state index in [2.05, 4.69) is 34.1 Å². The van der Waals surface area contributed by atoms with E-state index in [0.717, 1.165) is 16.6 Å². The van der Waals surface area contributed by atoms with Crippen LogP contribution in [0, 0.1) is 17.8 Å². The van der Waals surface area contributed by atoms with Crippen LogP contribution < -0.4 is 11.1 Å². The first-order valence-corrected chi connectivity index (χ1v) is 10.4. The molecule has 1 saturated carbocycles.